The lowest BCUT2D eigenvalue weighted by molar-refractivity contribution is -0.384. The molecule has 1 fully saturated rings. The van der Waals surface area contributed by atoms with Gasteiger partial charge in [-0.25, -0.2) is 0 Å². The van der Waals surface area contributed by atoms with E-state index in [0.717, 1.165) is 24.8 Å². The first-order valence-electron chi connectivity index (χ1n) is 5.45. The Bertz CT molecular complexity index is 410. The molecule has 0 amide bonds. The van der Waals surface area contributed by atoms with Crippen LogP contribution in [0.3, 0.4) is 0 Å². The first kappa shape index (κ1) is 11.1. The van der Waals surface area contributed by atoms with Crippen molar-refractivity contribution in [1.29, 1.82) is 0 Å². The van der Waals surface area contributed by atoms with Crippen LogP contribution in [0.4, 0.5) is 5.69 Å². The van der Waals surface area contributed by atoms with E-state index in [1.807, 2.05) is 6.07 Å². The fourth-order valence-corrected chi connectivity index (χ4v) is 2.09. The average Bonchev–Trinajstić information content (AvgIpc) is 2.99. The van der Waals surface area contributed by atoms with Gasteiger partial charge in [0.1, 0.15) is 0 Å². The number of aliphatic hydroxyl groups excluding tert-OH is 1. The van der Waals surface area contributed by atoms with Gasteiger partial charge in [-0.3, -0.25) is 10.1 Å². The number of aliphatic hydroxyl groups is 1. The molecule has 0 heterocycles. The number of rotatable bonds is 4. The highest BCUT2D eigenvalue weighted by Crippen LogP contribution is 2.51. The van der Waals surface area contributed by atoms with Crippen LogP contribution in [0.5, 0.6) is 0 Å². The zero-order chi connectivity index (χ0) is 11.8. The monoisotopic (exact) mass is 221 g/mol. The van der Waals surface area contributed by atoms with E-state index in [2.05, 4.69) is 0 Å². The molecule has 1 aromatic rings. The molecule has 1 atom stereocenters. The second kappa shape index (κ2) is 3.87. The summed E-state index contributed by atoms with van der Waals surface area (Å²) >= 11 is 0. The van der Waals surface area contributed by atoms with Crippen LogP contribution in [0.25, 0.3) is 0 Å². The Morgan fingerprint density at radius 2 is 2.25 bits per heavy atom. The molecule has 4 heteroatoms. The molecular weight excluding hydrogens is 206 g/mol. The topological polar surface area (TPSA) is 63.4 Å². The van der Waals surface area contributed by atoms with Gasteiger partial charge in [0.15, 0.2) is 0 Å². The summed E-state index contributed by atoms with van der Waals surface area (Å²) in [5, 5.41) is 20.3. The molecule has 1 saturated carbocycles. The number of benzene rings is 1. The Hall–Kier alpha value is -1.42. The summed E-state index contributed by atoms with van der Waals surface area (Å²) in [7, 11) is 0. The van der Waals surface area contributed by atoms with E-state index in [1.54, 1.807) is 19.1 Å². The summed E-state index contributed by atoms with van der Waals surface area (Å²) in [6.45, 7) is 1.80. The quantitative estimate of drug-likeness (QED) is 0.626. The lowest BCUT2D eigenvalue weighted by Crippen LogP contribution is -2.20. The molecule has 0 aliphatic heterocycles. The molecule has 1 aromatic carbocycles. The Morgan fingerprint density at radius 3 is 2.75 bits per heavy atom. The van der Waals surface area contributed by atoms with Gasteiger partial charge in [0.05, 0.1) is 11.0 Å². The molecule has 0 spiro atoms. The lowest BCUT2D eigenvalue weighted by atomic mass is 9.91. The molecule has 0 radical (unpaired) electrons. The molecule has 1 aliphatic carbocycles. The smallest absolute Gasteiger partial charge is 0.269 e. The Labute approximate surface area is 94.1 Å². The second-order valence-corrected chi connectivity index (χ2v) is 4.64. The summed E-state index contributed by atoms with van der Waals surface area (Å²) in [5.41, 5.74) is 1.03. The van der Waals surface area contributed by atoms with Gasteiger partial charge in [-0.15, -0.1) is 0 Å². The first-order valence-corrected chi connectivity index (χ1v) is 5.45. The van der Waals surface area contributed by atoms with Crippen LogP contribution in [0.1, 0.15) is 25.3 Å². The molecule has 1 unspecified atom stereocenters. The van der Waals surface area contributed by atoms with Crippen molar-refractivity contribution in [2.75, 3.05) is 0 Å². The van der Waals surface area contributed by atoms with Gasteiger partial charge in [0.25, 0.3) is 5.69 Å². The molecule has 0 saturated heterocycles. The fraction of sp³-hybridized carbons (Fsp3) is 0.500. The standard InChI is InChI=1S/C12H15NO3/c1-9(14)12(5-6-12)8-10-3-2-4-11(7-10)13(15)16/h2-4,7,9,14H,5-6,8H2,1H3. The predicted octanol–water partition coefficient (Wildman–Crippen LogP) is 2.30. The normalized spacial score (nSPS) is 19.1. The Kier molecular flexibility index (Phi) is 2.68. The molecule has 4 nitrogen and oxygen atoms in total. The molecule has 1 N–H and O–H groups in total. The number of nitro benzene ring substituents is 1. The maximum Gasteiger partial charge on any atom is 0.269 e. The van der Waals surface area contributed by atoms with Crippen LogP contribution in [0, 0.1) is 15.5 Å². The summed E-state index contributed by atoms with van der Waals surface area (Å²) in [6.07, 6.45) is 2.40. The lowest BCUT2D eigenvalue weighted by Gasteiger charge is -2.18. The maximum atomic E-state index is 10.6. The van der Waals surface area contributed by atoms with Crippen molar-refractivity contribution in [2.24, 2.45) is 5.41 Å². The second-order valence-electron chi connectivity index (χ2n) is 4.64. The van der Waals surface area contributed by atoms with E-state index in [1.165, 1.54) is 6.07 Å². The van der Waals surface area contributed by atoms with Crippen molar-refractivity contribution in [3.63, 3.8) is 0 Å². The number of hydrogen-bond acceptors (Lipinski definition) is 3. The van der Waals surface area contributed by atoms with Crippen molar-refractivity contribution in [1.82, 2.24) is 0 Å². The van der Waals surface area contributed by atoms with Gasteiger partial charge >= 0.3 is 0 Å². The largest absolute Gasteiger partial charge is 0.393 e. The fourth-order valence-electron chi connectivity index (χ4n) is 2.09. The molecular formula is C12H15NO3. The highest BCUT2D eigenvalue weighted by Gasteiger charge is 2.46. The molecule has 1 aliphatic rings. The summed E-state index contributed by atoms with van der Waals surface area (Å²) in [4.78, 5) is 10.2. The van der Waals surface area contributed by atoms with Crippen LogP contribution in [0.2, 0.25) is 0 Å². The highest BCUT2D eigenvalue weighted by atomic mass is 16.6. The van der Waals surface area contributed by atoms with E-state index in [0.29, 0.717) is 0 Å². The number of nitrogens with zero attached hydrogens (tertiary/aromatic N) is 1. The zero-order valence-electron chi connectivity index (χ0n) is 9.22. The van der Waals surface area contributed by atoms with E-state index >= 15 is 0 Å². The van der Waals surface area contributed by atoms with E-state index in [4.69, 9.17) is 0 Å². The molecule has 86 valence electrons. The van der Waals surface area contributed by atoms with Crippen molar-refractivity contribution >= 4 is 5.69 Å². The van der Waals surface area contributed by atoms with Crippen LogP contribution in [-0.4, -0.2) is 16.1 Å². The van der Waals surface area contributed by atoms with E-state index in [9.17, 15) is 15.2 Å². The van der Waals surface area contributed by atoms with E-state index < -0.39 is 0 Å². The minimum absolute atomic E-state index is 0.0325. The first-order chi connectivity index (χ1) is 7.53. The minimum Gasteiger partial charge on any atom is -0.393 e. The van der Waals surface area contributed by atoms with Gasteiger partial charge in [-0.2, -0.15) is 0 Å². The highest BCUT2D eigenvalue weighted by molar-refractivity contribution is 5.35. The van der Waals surface area contributed by atoms with Crippen LogP contribution < -0.4 is 0 Å². The van der Waals surface area contributed by atoms with Gasteiger partial charge in [0, 0.05) is 17.5 Å². The van der Waals surface area contributed by atoms with Crippen LogP contribution in [0.15, 0.2) is 24.3 Å². The van der Waals surface area contributed by atoms with E-state index in [-0.39, 0.29) is 22.1 Å². The van der Waals surface area contributed by atoms with Gasteiger partial charge in [0.2, 0.25) is 0 Å². The minimum atomic E-state index is -0.383. The third-order valence-corrected chi connectivity index (χ3v) is 3.46. The van der Waals surface area contributed by atoms with Gasteiger partial charge in [-0.05, 0) is 31.7 Å². The number of non-ortho nitro benzene ring substituents is 1. The zero-order valence-corrected chi connectivity index (χ0v) is 9.22. The molecule has 0 bridgehead atoms. The van der Waals surface area contributed by atoms with Crippen molar-refractivity contribution < 1.29 is 10.0 Å². The van der Waals surface area contributed by atoms with Crippen molar-refractivity contribution in [2.45, 2.75) is 32.3 Å². The number of nitro groups is 1. The van der Waals surface area contributed by atoms with Crippen molar-refractivity contribution in [3.05, 3.63) is 39.9 Å². The maximum absolute atomic E-state index is 10.6. The third kappa shape index (κ3) is 2.07. The summed E-state index contributed by atoms with van der Waals surface area (Å²) in [5.74, 6) is 0. The van der Waals surface area contributed by atoms with Gasteiger partial charge < -0.3 is 5.11 Å². The summed E-state index contributed by atoms with van der Waals surface area (Å²) in [6, 6.07) is 6.68. The SMILES string of the molecule is CC(O)C1(Cc2cccc([N+](=O)[O-])c2)CC1. The van der Waals surface area contributed by atoms with Crippen LogP contribution >= 0.6 is 0 Å². The van der Waals surface area contributed by atoms with Crippen LogP contribution in [-0.2, 0) is 6.42 Å². The summed E-state index contributed by atoms with van der Waals surface area (Å²) < 4.78 is 0. The third-order valence-electron chi connectivity index (χ3n) is 3.46. The molecule has 2 rings (SSSR count). The predicted molar refractivity (Wildman–Crippen MR) is 60.1 cm³/mol. The average molecular weight is 221 g/mol. The Balaban J connectivity index is 2.16. The number of hydrogen-bond donors (Lipinski definition) is 1. The van der Waals surface area contributed by atoms with Crippen molar-refractivity contribution in [3.8, 4) is 0 Å². The molecule has 16 heavy (non-hydrogen) atoms. The van der Waals surface area contributed by atoms with Gasteiger partial charge in [-0.1, -0.05) is 12.1 Å². The Morgan fingerprint density at radius 1 is 1.56 bits per heavy atom. The molecule has 0 aromatic heterocycles.